The largest absolute Gasteiger partial charge is 0.497 e. The van der Waals surface area contributed by atoms with Gasteiger partial charge >= 0.3 is 0 Å². The Morgan fingerprint density at radius 3 is 1.81 bits per heavy atom. The molecule has 130 valence electrons. The first-order valence-electron chi connectivity index (χ1n) is 8.14. The Bertz CT molecular complexity index is 925. The molecule has 3 aromatic carbocycles. The summed E-state index contributed by atoms with van der Waals surface area (Å²) in [6, 6.07) is 20.9. The van der Waals surface area contributed by atoms with Crippen LogP contribution in [0, 0.1) is 0 Å². The van der Waals surface area contributed by atoms with Crippen LogP contribution >= 0.6 is 0 Å². The lowest BCUT2D eigenvalue weighted by molar-refractivity contribution is 0.101. The molecule has 26 heavy (non-hydrogen) atoms. The number of rotatable bonds is 6. The molecule has 0 bridgehead atoms. The van der Waals surface area contributed by atoms with E-state index in [1.807, 2.05) is 24.3 Å². The van der Waals surface area contributed by atoms with Gasteiger partial charge in [0.25, 0.3) is 0 Å². The molecule has 0 fully saturated rings. The van der Waals surface area contributed by atoms with Gasteiger partial charge in [-0.25, -0.2) is 0 Å². The molecule has 0 radical (unpaired) electrons. The highest BCUT2D eigenvalue weighted by Crippen LogP contribution is 2.24. The third-order valence-electron chi connectivity index (χ3n) is 3.94. The molecular weight excluding hydrogens is 328 g/mol. The number of ketones is 2. The van der Waals surface area contributed by atoms with E-state index in [0.29, 0.717) is 28.2 Å². The number of benzene rings is 3. The van der Waals surface area contributed by atoms with Gasteiger partial charge in [0.15, 0.2) is 11.6 Å². The molecule has 0 heterocycles. The van der Waals surface area contributed by atoms with Crippen LogP contribution in [0.5, 0.6) is 17.2 Å². The maximum absolute atomic E-state index is 12.6. The second-order valence-corrected chi connectivity index (χ2v) is 5.77. The highest BCUT2D eigenvalue weighted by Gasteiger charge is 2.11. The van der Waals surface area contributed by atoms with Crippen LogP contribution in [-0.2, 0) is 0 Å². The van der Waals surface area contributed by atoms with E-state index in [2.05, 4.69) is 0 Å². The van der Waals surface area contributed by atoms with E-state index in [1.54, 1.807) is 55.6 Å². The first kappa shape index (κ1) is 17.4. The van der Waals surface area contributed by atoms with Crippen LogP contribution in [0.3, 0.4) is 0 Å². The van der Waals surface area contributed by atoms with Crippen molar-refractivity contribution in [2.75, 3.05) is 7.11 Å². The Labute approximate surface area is 152 Å². The van der Waals surface area contributed by atoms with Crippen LogP contribution in [-0.4, -0.2) is 18.7 Å². The minimum absolute atomic E-state index is 0.0668. The summed E-state index contributed by atoms with van der Waals surface area (Å²) in [5.74, 6) is 1.86. The van der Waals surface area contributed by atoms with Crippen LogP contribution in [0.15, 0.2) is 72.8 Å². The van der Waals surface area contributed by atoms with Crippen molar-refractivity contribution in [3.8, 4) is 17.2 Å². The average Bonchev–Trinajstić information content (AvgIpc) is 2.68. The lowest BCUT2D eigenvalue weighted by Crippen LogP contribution is -2.03. The summed E-state index contributed by atoms with van der Waals surface area (Å²) < 4.78 is 10.9. The molecule has 0 aliphatic carbocycles. The lowest BCUT2D eigenvalue weighted by Gasteiger charge is -2.08. The van der Waals surface area contributed by atoms with Crippen molar-refractivity contribution in [2.45, 2.75) is 6.92 Å². The zero-order chi connectivity index (χ0) is 18.5. The lowest BCUT2D eigenvalue weighted by atomic mass is 10.0. The normalized spacial score (nSPS) is 10.2. The van der Waals surface area contributed by atoms with Crippen molar-refractivity contribution in [1.29, 1.82) is 0 Å². The summed E-state index contributed by atoms with van der Waals surface area (Å²) in [5, 5.41) is 0. The maximum Gasteiger partial charge on any atom is 0.193 e. The fourth-order valence-electron chi connectivity index (χ4n) is 2.50. The van der Waals surface area contributed by atoms with Crippen LogP contribution in [0.1, 0.15) is 33.2 Å². The predicted molar refractivity (Wildman–Crippen MR) is 99.4 cm³/mol. The third kappa shape index (κ3) is 3.98. The van der Waals surface area contributed by atoms with Crippen molar-refractivity contribution >= 4 is 11.6 Å². The highest BCUT2D eigenvalue weighted by molar-refractivity contribution is 6.10. The van der Waals surface area contributed by atoms with Gasteiger partial charge in [0, 0.05) is 16.7 Å². The number of methoxy groups -OCH3 is 1. The molecule has 4 heteroatoms. The highest BCUT2D eigenvalue weighted by atomic mass is 16.5. The summed E-state index contributed by atoms with van der Waals surface area (Å²) in [5.41, 5.74) is 1.55. The molecule has 0 saturated heterocycles. The van der Waals surface area contributed by atoms with Crippen LogP contribution in [0.25, 0.3) is 0 Å². The Hall–Kier alpha value is -3.40. The Morgan fingerprint density at radius 2 is 1.23 bits per heavy atom. The molecule has 0 unspecified atom stereocenters. The number of carbonyl (C=O) groups is 2. The molecule has 0 spiro atoms. The van der Waals surface area contributed by atoms with Gasteiger partial charge < -0.3 is 9.47 Å². The molecule has 0 aromatic heterocycles. The zero-order valence-electron chi connectivity index (χ0n) is 14.6. The topological polar surface area (TPSA) is 52.6 Å². The summed E-state index contributed by atoms with van der Waals surface area (Å²) in [4.78, 5) is 24.1. The average molecular weight is 346 g/mol. The molecule has 0 amide bonds. The van der Waals surface area contributed by atoms with E-state index in [-0.39, 0.29) is 11.6 Å². The summed E-state index contributed by atoms with van der Waals surface area (Å²) in [6.45, 7) is 1.48. The number of hydrogen-bond acceptors (Lipinski definition) is 4. The molecule has 4 nitrogen and oxygen atoms in total. The smallest absolute Gasteiger partial charge is 0.193 e. The van der Waals surface area contributed by atoms with Gasteiger partial charge in [0.2, 0.25) is 0 Å². The number of hydrogen-bond donors (Lipinski definition) is 0. The van der Waals surface area contributed by atoms with Gasteiger partial charge in [-0.05, 0) is 61.5 Å². The monoisotopic (exact) mass is 346 g/mol. The Morgan fingerprint density at radius 1 is 0.692 bits per heavy atom. The molecule has 3 rings (SSSR count). The Kier molecular flexibility index (Phi) is 5.13. The van der Waals surface area contributed by atoms with Gasteiger partial charge in [-0.3, -0.25) is 9.59 Å². The Balaban J connectivity index is 1.75. The minimum Gasteiger partial charge on any atom is -0.497 e. The van der Waals surface area contributed by atoms with Crippen molar-refractivity contribution < 1.29 is 19.1 Å². The first-order valence-corrected chi connectivity index (χ1v) is 8.14. The number of ether oxygens (including phenoxy) is 2. The summed E-state index contributed by atoms with van der Waals surface area (Å²) in [7, 11) is 1.61. The second kappa shape index (κ2) is 7.66. The predicted octanol–water partition coefficient (Wildman–Crippen LogP) is 4.92. The quantitative estimate of drug-likeness (QED) is 0.594. The van der Waals surface area contributed by atoms with Gasteiger partial charge in [0.05, 0.1) is 7.11 Å². The minimum atomic E-state index is -0.135. The summed E-state index contributed by atoms with van der Waals surface area (Å²) >= 11 is 0. The van der Waals surface area contributed by atoms with Gasteiger partial charge in [0.1, 0.15) is 17.2 Å². The molecule has 3 aromatic rings. The fraction of sp³-hybridized carbons (Fsp3) is 0.0909. The van der Waals surface area contributed by atoms with E-state index >= 15 is 0 Å². The van der Waals surface area contributed by atoms with Crippen molar-refractivity contribution in [3.63, 3.8) is 0 Å². The fourth-order valence-corrected chi connectivity index (χ4v) is 2.50. The number of carbonyl (C=O) groups excluding carboxylic acids is 2. The van der Waals surface area contributed by atoms with Crippen LogP contribution in [0.4, 0.5) is 0 Å². The molecule has 0 saturated carbocycles. The van der Waals surface area contributed by atoms with Crippen LogP contribution < -0.4 is 9.47 Å². The second-order valence-electron chi connectivity index (χ2n) is 5.77. The van der Waals surface area contributed by atoms with Crippen molar-refractivity contribution in [3.05, 3.63) is 89.5 Å². The zero-order valence-corrected chi connectivity index (χ0v) is 14.6. The SMILES string of the molecule is COc1ccc(Oc2ccc(C(=O)c3cccc(C(C)=O)c3)cc2)cc1. The van der Waals surface area contributed by atoms with E-state index < -0.39 is 0 Å². The first-order chi connectivity index (χ1) is 12.6. The van der Waals surface area contributed by atoms with E-state index in [9.17, 15) is 9.59 Å². The number of Topliss-reactive ketones (excluding diaryl/α,β-unsaturated/α-hetero) is 1. The third-order valence-corrected chi connectivity index (χ3v) is 3.94. The van der Waals surface area contributed by atoms with Gasteiger partial charge in [-0.1, -0.05) is 18.2 Å². The van der Waals surface area contributed by atoms with E-state index in [4.69, 9.17) is 9.47 Å². The molecule has 0 N–H and O–H groups in total. The molecule has 0 atom stereocenters. The van der Waals surface area contributed by atoms with Crippen molar-refractivity contribution in [1.82, 2.24) is 0 Å². The molecule has 0 aliphatic rings. The van der Waals surface area contributed by atoms with Crippen LogP contribution in [0.2, 0.25) is 0 Å². The molecule has 0 aliphatic heterocycles. The van der Waals surface area contributed by atoms with Crippen molar-refractivity contribution in [2.24, 2.45) is 0 Å². The maximum atomic E-state index is 12.6. The standard InChI is InChI=1S/C22H18O4/c1-15(23)17-4-3-5-18(14-17)22(24)16-6-8-20(9-7-16)26-21-12-10-19(25-2)11-13-21/h3-14H,1-2H3. The van der Waals surface area contributed by atoms with E-state index in [0.717, 1.165) is 5.75 Å². The molecular formula is C22H18O4. The van der Waals surface area contributed by atoms with E-state index in [1.165, 1.54) is 6.92 Å². The summed E-state index contributed by atoms with van der Waals surface area (Å²) in [6.07, 6.45) is 0. The van der Waals surface area contributed by atoms with Gasteiger partial charge in [-0.15, -0.1) is 0 Å². The van der Waals surface area contributed by atoms with Gasteiger partial charge in [-0.2, -0.15) is 0 Å².